The standard InChI is InChI=1S/C12H13FN2/c13-9-1-2-12-10(5-9)11(7-15-12)8-3-4-14-6-8/h1-2,5,7-8,14-15H,3-4,6H2/t8-/m0/s1. The van der Waals surface area contributed by atoms with E-state index >= 15 is 0 Å². The molecule has 2 N–H and O–H groups in total. The molecule has 3 heteroatoms. The normalized spacial score (nSPS) is 21.3. The van der Waals surface area contributed by atoms with Crippen LogP contribution in [0.25, 0.3) is 10.9 Å². The minimum Gasteiger partial charge on any atom is -0.361 e. The van der Waals surface area contributed by atoms with Crippen LogP contribution in [0.15, 0.2) is 24.4 Å². The Kier molecular flexibility index (Phi) is 1.99. The van der Waals surface area contributed by atoms with Crippen molar-refractivity contribution in [2.75, 3.05) is 13.1 Å². The molecule has 2 heterocycles. The van der Waals surface area contributed by atoms with Crippen LogP contribution in [0.3, 0.4) is 0 Å². The molecule has 15 heavy (non-hydrogen) atoms. The second-order valence-electron chi connectivity index (χ2n) is 4.12. The topological polar surface area (TPSA) is 27.8 Å². The van der Waals surface area contributed by atoms with E-state index in [1.807, 2.05) is 6.20 Å². The summed E-state index contributed by atoms with van der Waals surface area (Å²) in [6, 6.07) is 4.92. The van der Waals surface area contributed by atoms with Crippen LogP contribution in [-0.4, -0.2) is 18.1 Å². The fourth-order valence-corrected chi connectivity index (χ4v) is 2.37. The molecule has 0 unspecified atom stereocenters. The molecule has 2 nitrogen and oxygen atoms in total. The summed E-state index contributed by atoms with van der Waals surface area (Å²) in [5.41, 5.74) is 2.27. The maximum absolute atomic E-state index is 13.2. The van der Waals surface area contributed by atoms with Gasteiger partial charge in [0.25, 0.3) is 0 Å². The fraction of sp³-hybridized carbons (Fsp3) is 0.333. The third-order valence-corrected chi connectivity index (χ3v) is 3.18. The lowest BCUT2D eigenvalue weighted by Gasteiger charge is -2.06. The van der Waals surface area contributed by atoms with Gasteiger partial charge in [-0.2, -0.15) is 0 Å². The van der Waals surface area contributed by atoms with Crippen molar-refractivity contribution in [3.8, 4) is 0 Å². The van der Waals surface area contributed by atoms with Crippen molar-refractivity contribution in [3.05, 3.63) is 35.8 Å². The zero-order chi connectivity index (χ0) is 10.3. The average Bonchev–Trinajstić information content (AvgIpc) is 2.83. The van der Waals surface area contributed by atoms with Crippen molar-refractivity contribution in [2.45, 2.75) is 12.3 Å². The highest BCUT2D eigenvalue weighted by Gasteiger charge is 2.19. The Morgan fingerprint density at radius 1 is 1.33 bits per heavy atom. The number of H-pyrrole nitrogens is 1. The van der Waals surface area contributed by atoms with Gasteiger partial charge in [-0.15, -0.1) is 0 Å². The first-order chi connectivity index (χ1) is 7.34. The minimum atomic E-state index is -0.158. The predicted octanol–water partition coefficient (Wildman–Crippen LogP) is 2.38. The lowest BCUT2D eigenvalue weighted by Crippen LogP contribution is -2.07. The Labute approximate surface area is 87.5 Å². The van der Waals surface area contributed by atoms with E-state index in [1.165, 1.54) is 11.6 Å². The SMILES string of the molecule is Fc1ccc2[nH]cc([C@H]3CCNC3)c2c1. The van der Waals surface area contributed by atoms with Gasteiger partial charge in [0.15, 0.2) is 0 Å². The van der Waals surface area contributed by atoms with E-state index in [1.54, 1.807) is 12.1 Å². The van der Waals surface area contributed by atoms with Crippen molar-refractivity contribution in [1.29, 1.82) is 0 Å². The summed E-state index contributed by atoms with van der Waals surface area (Å²) < 4.78 is 13.2. The van der Waals surface area contributed by atoms with Gasteiger partial charge in [0.1, 0.15) is 5.82 Å². The van der Waals surface area contributed by atoms with Gasteiger partial charge in [-0.1, -0.05) is 0 Å². The number of hydrogen-bond acceptors (Lipinski definition) is 1. The first-order valence-electron chi connectivity index (χ1n) is 5.32. The smallest absolute Gasteiger partial charge is 0.123 e. The number of aromatic amines is 1. The van der Waals surface area contributed by atoms with Gasteiger partial charge in [0, 0.05) is 23.6 Å². The number of halogens is 1. The minimum absolute atomic E-state index is 0.158. The lowest BCUT2D eigenvalue weighted by molar-refractivity contribution is 0.629. The van der Waals surface area contributed by atoms with E-state index < -0.39 is 0 Å². The summed E-state index contributed by atoms with van der Waals surface area (Å²) in [7, 11) is 0. The van der Waals surface area contributed by atoms with Crippen LogP contribution < -0.4 is 5.32 Å². The van der Waals surface area contributed by atoms with Crippen LogP contribution in [0.1, 0.15) is 17.9 Å². The summed E-state index contributed by atoms with van der Waals surface area (Å²) in [4.78, 5) is 3.20. The molecule has 1 saturated heterocycles. The van der Waals surface area contributed by atoms with E-state index in [4.69, 9.17) is 0 Å². The van der Waals surface area contributed by atoms with Crippen LogP contribution in [0.5, 0.6) is 0 Å². The van der Waals surface area contributed by atoms with Gasteiger partial charge in [-0.25, -0.2) is 4.39 Å². The Hall–Kier alpha value is -1.35. The zero-order valence-corrected chi connectivity index (χ0v) is 8.39. The van der Waals surface area contributed by atoms with E-state index in [0.29, 0.717) is 5.92 Å². The van der Waals surface area contributed by atoms with Crippen molar-refractivity contribution in [3.63, 3.8) is 0 Å². The van der Waals surface area contributed by atoms with Gasteiger partial charge in [0.05, 0.1) is 0 Å². The Balaban J connectivity index is 2.13. The Morgan fingerprint density at radius 2 is 2.27 bits per heavy atom. The van der Waals surface area contributed by atoms with Crippen LogP contribution in [0.2, 0.25) is 0 Å². The van der Waals surface area contributed by atoms with Gasteiger partial charge in [-0.3, -0.25) is 0 Å². The van der Waals surface area contributed by atoms with E-state index in [-0.39, 0.29) is 5.82 Å². The maximum atomic E-state index is 13.2. The molecule has 3 rings (SSSR count). The van der Waals surface area contributed by atoms with Crippen LogP contribution >= 0.6 is 0 Å². The number of benzene rings is 1. The van der Waals surface area contributed by atoms with Crippen LogP contribution in [0, 0.1) is 5.82 Å². The van der Waals surface area contributed by atoms with Gasteiger partial charge in [-0.05, 0) is 42.6 Å². The van der Waals surface area contributed by atoms with Gasteiger partial charge in [0.2, 0.25) is 0 Å². The summed E-state index contributed by atoms with van der Waals surface area (Å²) in [5, 5.41) is 4.36. The second-order valence-corrected chi connectivity index (χ2v) is 4.12. The number of nitrogens with one attached hydrogen (secondary N) is 2. The van der Waals surface area contributed by atoms with Gasteiger partial charge >= 0.3 is 0 Å². The maximum Gasteiger partial charge on any atom is 0.123 e. The number of fused-ring (bicyclic) bond motifs is 1. The van der Waals surface area contributed by atoms with Crippen LogP contribution in [-0.2, 0) is 0 Å². The van der Waals surface area contributed by atoms with E-state index in [2.05, 4.69) is 10.3 Å². The zero-order valence-electron chi connectivity index (χ0n) is 8.39. The first-order valence-corrected chi connectivity index (χ1v) is 5.32. The highest BCUT2D eigenvalue weighted by molar-refractivity contribution is 5.83. The molecule has 0 bridgehead atoms. The molecule has 1 atom stereocenters. The molecule has 1 aliphatic heterocycles. The molecule has 78 valence electrons. The van der Waals surface area contributed by atoms with Crippen molar-refractivity contribution in [2.24, 2.45) is 0 Å². The molecule has 1 aromatic heterocycles. The molecule has 2 aromatic rings. The molecule has 0 saturated carbocycles. The molecule has 0 spiro atoms. The highest BCUT2D eigenvalue weighted by atomic mass is 19.1. The summed E-state index contributed by atoms with van der Waals surface area (Å²) in [6.45, 7) is 2.07. The van der Waals surface area contributed by atoms with Crippen LogP contribution in [0.4, 0.5) is 4.39 Å². The third-order valence-electron chi connectivity index (χ3n) is 3.18. The molecule has 0 radical (unpaired) electrons. The monoisotopic (exact) mass is 204 g/mol. The Bertz CT molecular complexity index is 483. The number of rotatable bonds is 1. The first kappa shape index (κ1) is 8.92. The highest BCUT2D eigenvalue weighted by Crippen LogP contribution is 2.29. The largest absolute Gasteiger partial charge is 0.361 e. The Morgan fingerprint density at radius 3 is 3.07 bits per heavy atom. The predicted molar refractivity (Wildman–Crippen MR) is 58.5 cm³/mol. The lowest BCUT2D eigenvalue weighted by atomic mass is 9.98. The fourth-order valence-electron chi connectivity index (χ4n) is 2.37. The van der Waals surface area contributed by atoms with Crippen molar-refractivity contribution >= 4 is 10.9 Å². The van der Waals surface area contributed by atoms with Gasteiger partial charge < -0.3 is 10.3 Å². The quantitative estimate of drug-likeness (QED) is 0.733. The molecular formula is C12H13FN2. The van der Waals surface area contributed by atoms with Crippen molar-refractivity contribution < 1.29 is 4.39 Å². The molecule has 1 aliphatic rings. The molecule has 1 fully saturated rings. The summed E-state index contributed by atoms with van der Waals surface area (Å²) in [6.07, 6.45) is 3.16. The molecular weight excluding hydrogens is 191 g/mol. The van der Waals surface area contributed by atoms with E-state index in [9.17, 15) is 4.39 Å². The summed E-state index contributed by atoms with van der Waals surface area (Å²) in [5.74, 6) is 0.370. The molecule has 0 aliphatic carbocycles. The van der Waals surface area contributed by atoms with E-state index in [0.717, 1.165) is 30.4 Å². The average molecular weight is 204 g/mol. The second kappa shape index (κ2) is 3.35. The third kappa shape index (κ3) is 1.43. The number of aromatic nitrogens is 1. The number of hydrogen-bond donors (Lipinski definition) is 2. The molecule has 1 aromatic carbocycles. The van der Waals surface area contributed by atoms with Crippen molar-refractivity contribution in [1.82, 2.24) is 10.3 Å². The summed E-state index contributed by atoms with van der Waals surface area (Å²) >= 11 is 0. The molecule has 0 amide bonds.